The predicted octanol–water partition coefficient (Wildman–Crippen LogP) is 3.05. The molecule has 142 valence electrons. The zero-order valence-corrected chi connectivity index (χ0v) is 16.0. The first-order chi connectivity index (χ1) is 12.9. The molecule has 0 bridgehead atoms. The van der Waals surface area contributed by atoms with E-state index in [9.17, 15) is 13.2 Å². The fraction of sp³-hybridized carbons (Fsp3) is 0.250. The number of benzene rings is 2. The van der Waals surface area contributed by atoms with Crippen molar-refractivity contribution in [2.24, 2.45) is 5.92 Å². The largest absolute Gasteiger partial charge is 0.467 e. The normalized spacial score (nSPS) is 13.0. The summed E-state index contributed by atoms with van der Waals surface area (Å²) in [5.41, 5.74) is 0. The highest BCUT2D eigenvalue weighted by Crippen LogP contribution is 2.19. The molecule has 2 aromatic carbocycles. The second kappa shape index (κ2) is 7.94. The minimum Gasteiger partial charge on any atom is -0.467 e. The second-order valence-corrected chi connectivity index (χ2v) is 8.36. The van der Waals surface area contributed by atoms with E-state index in [0.717, 1.165) is 10.8 Å². The topological polar surface area (TPSA) is 88.4 Å². The van der Waals surface area contributed by atoms with Crippen LogP contribution in [0.4, 0.5) is 0 Å². The van der Waals surface area contributed by atoms with Crippen LogP contribution in [0.3, 0.4) is 0 Å². The van der Waals surface area contributed by atoms with Gasteiger partial charge in [0, 0.05) is 0 Å². The van der Waals surface area contributed by atoms with Crippen molar-refractivity contribution in [1.29, 1.82) is 0 Å². The molecule has 3 aromatic rings. The third kappa shape index (κ3) is 4.56. The highest BCUT2D eigenvalue weighted by molar-refractivity contribution is 7.89. The molecule has 0 aliphatic heterocycles. The summed E-state index contributed by atoms with van der Waals surface area (Å²) in [6, 6.07) is 15.0. The lowest BCUT2D eigenvalue weighted by Gasteiger charge is -2.21. The molecular formula is C20H22N2O4S. The van der Waals surface area contributed by atoms with Crippen LogP contribution in [0.5, 0.6) is 0 Å². The predicted molar refractivity (Wildman–Crippen MR) is 103 cm³/mol. The average molecular weight is 386 g/mol. The number of carbonyl (C=O) groups is 1. The maximum atomic E-state index is 12.8. The van der Waals surface area contributed by atoms with Crippen molar-refractivity contribution in [3.05, 3.63) is 66.6 Å². The highest BCUT2D eigenvalue weighted by Gasteiger charge is 2.28. The first-order valence-electron chi connectivity index (χ1n) is 8.68. The van der Waals surface area contributed by atoms with Gasteiger partial charge in [-0.15, -0.1) is 0 Å². The molecular weight excluding hydrogens is 364 g/mol. The van der Waals surface area contributed by atoms with E-state index in [4.69, 9.17) is 4.42 Å². The number of carbonyl (C=O) groups excluding carboxylic acids is 1. The van der Waals surface area contributed by atoms with Gasteiger partial charge in [-0.25, -0.2) is 8.42 Å². The lowest BCUT2D eigenvalue weighted by molar-refractivity contribution is -0.123. The molecule has 27 heavy (non-hydrogen) atoms. The quantitative estimate of drug-likeness (QED) is 0.653. The Balaban J connectivity index is 1.78. The third-order valence-electron chi connectivity index (χ3n) is 4.28. The number of sulfonamides is 1. The molecule has 3 rings (SSSR count). The number of hydrogen-bond acceptors (Lipinski definition) is 4. The molecule has 0 radical (unpaired) electrons. The van der Waals surface area contributed by atoms with Gasteiger partial charge in [0.1, 0.15) is 11.8 Å². The first-order valence-corrected chi connectivity index (χ1v) is 10.2. The Labute approximate surface area is 158 Å². The Morgan fingerprint density at radius 1 is 1.04 bits per heavy atom. The molecule has 0 fully saturated rings. The highest BCUT2D eigenvalue weighted by atomic mass is 32.2. The van der Waals surface area contributed by atoms with Crippen LogP contribution in [0.2, 0.25) is 0 Å². The number of nitrogens with one attached hydrogen (secondary N) is 2. The van der Waals surface area contributed by atoms with Crippen LogP contribution in [0, 0.1) is 5.92 Å². The Kier molecular flexibility index (Phi) is 5.62. The van der Waals surface area contributed by atoms with Crippen LogP contribution in [0.1, 0.15) is 19.6 Å². The van der Waals surface area contributed by atoms with Crippen molar-refractivity contribution in [1.82, 2.24) is 10.0 Å². The monoisotopic (exact) mass is 386 g/mol. The molecule has 1 aromatic heterocycles. The molecule has 0 unspecified atom stereocenters. The molecule has 0 saturated carbocycles. The average Bonchev–Trinajstić information content (AvgIpc) is 3.17. The van der Waals surface area contributed by atoms with Gasteiger partial charge in [-0.1, -0.05) is 44.2 Å². The molecule has 0 spiro atoms. The number of amides is 1. The smallest absolute Gasteiger partial charge is 0.241 e. The summed E-state index contributed by atoms with van der Waals surface area (Å²) >= 11 is 0. The molecule has 7 heteroatoms. The summed E-state index contributed by atoms with van der Waals surface area (Å²) < 4.78 is 33.4. The minimum atomic E-state index is -3.85. The van der Waals surface area contributed by atoms with Crippen molar-refractivity contribution in [2.75, 3.05) is 0 Å². The number of fused-ring (bicyclic) bond motifs is 1. The fourth-order valence-corrected chi connectivity index (χ4v) is 4.14. The molecule has 0 aliphatic carbocycles. The van der Waals surface area contributed by atoms with Gasteiger partial charge in [-0.2, -0.15) is 4.72 Å². The van der Waals surface area contributed by atoms with E-state index in [-0.39, 0.29) is 17.4 Å². The Bertz CT molecular complexity index is 1030. The number of hydrogen-bond donors (Lipinski definition) is 2. The summed E-state index contributed by atoms with van der Waals surface area (Å²) in [6.07, 6.45) is 1.52. The molecule has 1 amide bonds. The Morgan fingerprint density at radius 3 is 2.44 bits per heavy atom. The van der Waals surface area contributed by atoms with Gasteiger partial charge in [0.25, 0.3) is 0 Å². The standard InChI is InChI=1S/C20H22N2O4S/c1-14(2)19(20(23)21-13-17-8-5-11-26-17)22-27(24,25)18-10-9-15-6-3-4-7-16(15)12-18/h3-12,14,19,22H,13H2,1-2H3,(H,21,23)/t19-/m0/s1. The van der Waals surface area contributed by atoms with Gasteiger partial charge in [0.05, 0.1) is 17.7 Å². The van der Waals surface area contributed by atoms with E-state index < -0.39 is 22.0 Å². The number of furan rings is 1. The van der Waals surface area contributed by atoms with Crippen LogP contribution < -0.4 is 10.0 Å². The van der Waals surface area contributed by atoms with Crippen molar-refractivity contribution < 1.29 is 17.6 Å². The van der Waals surface area contributed by atoms with E-state index in [1.54, 1.807) is 44.2 Å². The summed E-state index contributed by atoms with van der Waals surface area (Å²) in [7, 11) is -3.85. The Morgan fingerprint density at radius 2 is 1.78 bits per heavy atom. The first kappa shape index (κ1) is 19.1. The van der Waals surface area contributed by atoms with Gasteiger partial charge in [0.2, 0.25) is 15.9 Å². The van der Waals surface area contributed by atoms with Gasteiger partial charge < -0.3 is 9.73 Å². The SMILES string of the molecule is CC(C)[C@H](NS(=O)(=O)c1ccc2ccccc2c1)C(=O)NCc1ccco1. The van der Waals surface area contributed by atoms with E-state index in [0.29, 0.717) is 5.76 Å². The number of rotatable bonds is 7. The van der Waals surface area contributed by atoms with Crippen LogP contribution in [-0.2, 0) is 21.4 Å². The molecule has 6 nitrogen and oxygen atoms in total. The summed E-state index contributed by atoms with van der Waals surface area (Å²) in [6.45, 7) is 3.78. The fourth-order valence-electron chi connectivity index (χ4n) is 2.76. The van der Waals surface area contributed by atoms with Crippen molar-refractivity contribution >= 4 is 26.7 Å². The van der Waals surface area contributed by atoms with Gasteiger partial charge >= 0.3 is 0 Å². The zero-order chi connectivity index (χ0) is 19.4. The molecule has 0 aliphatic rings. The maximum Gasteiger partial charge on any atom is 0.241 e. The van der Waals surface area contributed by atoms with Gasteiger partial charge in [0.15, 0.2) is 0 Å². The van der Waals surface area contributed by atoms with E-state index in [1.807, 2.05) is 24.3 Å². The van der Waals surface area contributed by atoms with Crippen LogP contribution in [0.25, 0.3) is 10.8 Å². The third-order valence-corrected chi connectivity index (χ3v) is 5.72. The summed E-state index contributed by atoms with van der Waals surface area (Å²) in [5, 5.41) is 4.49. The van der Waals surface area contributed by atoms with Crippen molar-refractivity contribution in [2.45, 2.75) is 31.3 Å². The lowest BCUT2D eigenvalue weighted by atomic mass is 10.1. The molecule has 0 saturated heterocycles. The summed E-state index contributed by atoms with van der Waals surface area (Å²) in [5.74, 6) is -0.0224. The maximum absolute atomic E-state index is 12.8. The molecule has 1 heterocycles. The summed E-state index contributed by atoms with van der Waals surface area (Å²) in [4.78, 5) is 12.7. The van der Waals surface area contributed by atoms with Crippen LogP contribution >= 0.6 is 0 Å². The Hall–Kier alpha value is -2.64. The van der Waals surface area contributed by atoms with E-state index in [1.165, 1.54) is 6.26 Å². The zero-order valence-electron chi connectivity index (χ0n) is 15.2. The van der Waals surface area contributed by atoms with E-state index in [2.05, 4.69) is 10.0 Å². The van der Waals surface area contributed by atoms with Crippen molar-refractivity contribution in [3.8, 4) is 0 Å². The van der Waals surface area contributed by atoms with Gasteiger partial charge in [-0.05, 0) is 41.0 Å². The van der Waals surface area contributed by atoms with E-state index >= 15 is 0 Å². The molecule has 2 N–H and O–H groups in total. The lowest BCUT2D eigenvalue weighted by Crippen LogP contribution is -2.49. The van der Waals surface area contributed by atoms with Crippen LogP contribution in [-0.4, -0.2) is 20.4 Å². The van der Waals surface area contributed by atoms with Crippen LogP contribution in [0.15, 0.2) is 70.2 Å². The molecule has 1 atom stereocenters. The van der Waals surface area contributed by atoms with Crippen molar-refractivity contribution in [3.63, 3.8) is 0 Å². The minimum absolute atomic E-state index is 0.130. The second-order valence-electron chi connectivity index (χ2n) is 6.65. The van der Waals surface area contributed by atoms with Gasteiger partial charge in [-0.3, -0.25) is 4.79 Å².